The highest BCUT2D eigenvalue weighted by Gasteiger charge is 2.30. The highest BCUT2D eigenvalue weighted by molar-refractivity contribution is 7.99. The van der Waals surface area contributed by atoms with Crippen LogP contribution in [0.1, 0.15) is 36.1 Å². The lowest BCUT2D eigenvalue weighted by Gasteiger charge is -2.32. The molecule has 8 heteroatoms. The maximum atomic E-state index is 13.7. The number of hydrogen-bond acceptors (Lipinski definition) is 5. The lowest BCUT2D eigenvalue weighted by Crippen LogP contribution is -2.51. The minimum absolute atomic E-state index is 0.0373. The van der Waals surface area contributed by atoms with Crippen LogP contribution in [0.3, 0.4) is 0 Å². The van der Waals surface area contributed by atoms with E-state index in [0.717, 1.165) is 22.3 Å². The second-order valence-electron chi connectivity index (χ2n) is 9.77. The maximum Gasteiger partial charge on any atom is 0.269 e. The second kappa shape index (κ2) is 14.3. The van der Waals surface area contributed by atoms with Crippen molar-refractivity contribution in [3.63, 3.8) is 0 Å². The molecule has 0 aliphatic heterocycles. The third-order valence-corrected chi connectivity index (χ3v) is 7.02. The summed E-state index contributed by atoms with van der Waals surface area (Å²) < 4.78 is 0. The molecule has 0 aromatic heterocycles. The summed E-state index contributed by atoms with van der Waals surface area (Å²) in [5.41, 5.74) is 3.97. The number of hydrogen-bond donors (Lipinski definition) is 1. The predicted molar refractivity (Wildman–Crippen MR) is 153 cm³/mol. The van der Waals surface area contributed by atoms with E-state index in [2.05, 4.69) is 5.32 Å². The number of benzene rings is 3. The third kappa shape index (κ3) is 9.03. The van der Waals surface area contributed by atoms with E-state index in [1.54, 1.807) is 17.0 Å². The fourth-order valence-corrected chi connectivity index (χ4v) is 4.91. The quantitative estimate of drug-likeness (QED) is 0.230. The Balaban J connectivity index is 1.82. The minimum atomic E-state index is -0.663. The van der Waals surface area contributed by atoms with Crippen LogP contribution in [0.4, 0.5) is 5.69 Å². The molecule has 0 fully saturated rings. The van der Waals surface area contributed by atoms with Crippen LogP contribution in [-0.4, -0.2) is 40.0 Å². The normalized spacial score (nSPS) is 11.7. The average Bonchev–Trinajstić information content (AvgIpc) is 2.90. The number of nitro benzene ring substituents is 1. The van der Waals surface area contributed by atoms with Crippen molar-refractivity contribution in [1.82, 2.24) is 10.2 Å². The fourth-order valence-electron chi connectivity index (χ4n) is 4.04. The molecule has 1 atom stereocenters. The summed E-state index contributed by atoms with van der Waals surface area (Å²) in [4.78, 5) is 39.3. The number of nitro groups is 1. The molecule has 0 aliphatic carbocycles. The van der Waals surface area contributed by atoms with Gasteiger partial charge in [-0.15, -0.1) is 11.8 Å². The zero-order valence-corrected chi connectivity index (χ0v) is 22.9. The monoisotopic (exact) mass is 533 g/mol. The number of carbonyl (C=O) groups excluding carboxylic acids is 2. The zero-order valence-electron chi connectivity index (χ0n) is 22.1. The van der Waals surface area contributed by atoms with Gasteiger partial charge in [-0.2, -0.15) is 0 Å². The number of thioether (sulfide) groups is 1. The topological polar surface area (TPSA) is 92.6 Å². The van der Waals surface area contributed by atoms with Gasteiger partial charge in [0.05, 0.1) is 10.7 Å². The summed E-state index contributed by atoms with van der Waals surface area (Å²) in [7, 11) is 0. The van der Waals surface area contributed by atoms with Crippen molar-refractivity contribution in [2.75, 3.05) is 12.3 Å². The van der Waals surface area contributed by atoms with Crippen LogP contribution < -0.4 is 5.32 Å². The Bertz CT molecular complexity index is 1220. The highest BCUT2D eigenvalue weighted by Crippen LogP contribution is 2.20. The van der Waals surface area contributed by atoms with Crippen LogP contribution in [0.5, 0.6) is 0 Å². The molecule has 1 N–H and O–H groups in total. The first-order chi connectivity index (χ1) is 18.2. The van der Waals surface area contributed by atoms with Crippen molar-refractivity contribution < 1.29 is 14.5 Å². The molecule has 3 aromatic rings. The van der Waals surface area contributed by atoms with E-state index < -0.39 is 11.0 Å². The first-order valence-electron chi connectivity index (χ1n) is 12.7. The molecule has 1 unspecified atom stereocenters. The molecule has 2 amide bonds. The highest BCUT2D eigenvalue weighted by atomic mass is 32.2. The first kappa shape index (κ1) is 28.9. The lowest BCUT2D eigenvalue weighted by atomic mass is 10.0. The Morgan fingerprint density at radius 1 is 0.947 bits per heavy atom. The lowest BCUT2D eigenvalue weighted by molar-refractivity contribution is -0.384. The van der Waals surface area contributed by atoms with Gasteiger partial charge in [0.1, 0.15) is 6.04 Å². The summed E-state index contributed by atoms with van der Waals surface area (Å²) in [5.74, 6) is 0.716. The van der Waals surface area contributed by atoms with Gasteiger partial charge in [-0.3, -0.25) is 19.7 Å². The first-order valence-corrected chi connectivity index (χ1v) is 13.9. The number of nitrogens with one attached hydrogen (secondary N) is 1. The van der Waals surface area contributed by atoms with Crippen molar-refractivity contribution in [3.05, 3.63) is 111 Å². The molecule has 0 spiro atoms. The van der Waals surface area contributed by atoms with E-state index >= 15 is 0 Å². The number of amides is 2. The van der Waals surface area contributed by atoms with Crippen LogP contribution in [0.15, 0.2) is 78.9 Å². The van der Waals surface area contributed by atoms with Gasteiger partial charge >= 0.3 is 0 Å². The van der Waals surface area contributed by atoms with Crippen LogP contribution >= 0.6 is 11.8 Å². The predicted octanol–water partition coefficient (Wildman–Crippen LogP) is 5.55. The summed E-state index contributed by atoms with van der Waals surface area (Å²) in [6, 6.07) is 23.4. The second-order valence-corrected chi connectivity index (χ2v) is 10.8. The van der Waals surface area contributed by atoms with Gasteiger partial charge in [0.2, 0.25) is 11.8 Å². The Labute approximate surface area is 228 Å². The molecule has 0 bridgehead atoms. The number of rotatable bonds is 13. The molecule has 38 heavy (non-hydrogen) atoms. The van der Waals surface area contributed by atoms with Crippen molar-refractivity contribution in [2.45, 2.75) is 45.5 Å². The molecule has 0 aliphatic rings. The molecule has 0 radical (unpaired) electrons. The maximum absolute atomic E-state index is 13.7. The number of aryl methyl sites for hydroxylation is 1. The van der Waals surface area contributed by atoms with Crippen LogP contribution in [0, 0.1) is 23.0 Å². The molecule has 200 valence electrons. The molecule has 0 saturated carbocycles. The zero-order chi connectivity index (χ0) is 27.5. The summed E-state index contributed by atoms with van der Waals surface area (Å²) in [6.07, 6.45) is 0.412. The van der Waals surface area contributed by atoms with Crippen molar-refractivity contribution >= 4 is 29.3 Å². The minimum Gasteiger partial charge on any atom is -0.354 e. The number of carbonyl (C=O) groups is 2. The van der Waals surface area contributed by atoms with E-state index in [-0.39, 0.29) is 29.2 Å². The Hall–Kier alpha value is -3.65. The summed E-state index contributed by atoms with van der Waals surface area (Å²) >= 11 is 1.43. The molecular formula is C30H35N3O4S. The Morgan fingerprint density at radius 3 is 2.26 bits per heavy atom. The standard InChI is InChI=1S/C30H35N3O4S/c1-22(2)18-31-30(35)28(17-24-9-5-4-6-10-24)32(19-26-11-7-8-23(3)16-26)29(34)21-38-20-25-12-14-27(15-13-25)33(36)37/h4-16,22,28H,17-21H2,1-3H3,(H,31,35). The van der Waals surface area contributed by atoms with Gasteiger partial charge in [-0.25, -0.2) is 0 Å². The average molecular weight is 534 g/mol. The molecular weight excluding hydrogens is 498 g/mol. The van der Waals surface area contributed by atoms with Gasteiger partial charge in [0.15, 0.2) is 0 Å². The summed E-state index contributed by atoms with van der Waals surface area (Å²) in [5, 5.41) is 13.9. The number of nitrogens with zero attached hydrogens (tertiary/aromatic N) is 2. The molecule has 3 rings (SSSR count). The van der Waals surface area contributed by atoms with Crippen LogP contribution in [0.2, 0.25) is 0 Å². The summed E-state index contributed by atoms with van der Waals surface area (Å²) in [6.45, 7) is 6.94. The fraction of sp³-hybridized carbons (Fsp3) is 0.333. The van der Waals surface area contributed by atoms with E-state index in [0.29, 0.717) is 25.3 Å². The van der Waals surface area contributed by atoms with Gasteiger partial charge < -0.3 is 10.2 Å². The van der Waals surface area contributed by atoms with Crippen LogP contribution in [-0.2, 0) is 28.3 Å². The molecule has 3 aromatic carbocycles. The third-order valence-electron chi connectivity index (χ3n) is 6.03. The van der Waals surface area contributed by atoms with Gasteiger partial charge in [0.25, 0.3) is 5.69 Å². The van der Waals surface area contributed by atoms with Crippen molar-refractivity contribution in [2.24, 2.45) is 5.92 Å². The van der Waals surface area contributed by atoms with E-state index in [9.17, 15) is 19.7 Å². The van der Waals surface area contributed by atoms with Crippen LogP contribution in [0.25, 0.3) is 0 Å². The van der Waals surface area contributed by atoms with E-state index in [1.165, 1.54) is 23.9 Å². The van der Waals surface area contributed by atoms with Gasteiger partial charge in [-0.05, 0) is 29.5 Å². The molecule has 0 saturated heterocycles. The largest absolute Gasteiger partial charge is 0.354 e. The Kier molecular flexibility index (Phi) is 10.9. The molecule has 7 nitrogen and oxygen atoms in total. The number of non-ortho nitro benzene ring substituents is 1. The van der Waals surface area contributed by atoms with Crippen molar-refractivity contribution in [1.29, 1.82) is 0 Å². The van der Waals surface area contributed by atoms with Crippen molar-refractivity contribution in [3.8, 4) is 0 Å². The smallest absolute Gasteiger partial charge is 0.269 e. The SMILES string of the molecule is Cc1cccc(CN(C(=O)CSCc2ccc([N+](=O)[O-])cc2)C(Cc2ccccc2)C(=O)NCC(C)C)c1. The van der Waals surface area contributed by atoms with Gasteiger partial charge in [0, 0.05) is 37.4 Å². The van der Waals surface area contributed by atoms with E-state index in [4.69, 9.17) is 0 Å². The van der Waals surface area contributed by atoms with Gasteiger partial charge in [-0.1, -0.05) is 86.1 Å². The van der Waals surface area contributed by atoms with E-state index in [1.807, 2.05) is 75.4 Å². The molecule has 0 heterocycles. The Morgan fingerprint density at radius 2 is 1.63 bits per heavy atom.